The van der Waals surface area contributed by atoms with E-state index in [0.717, 1.165) is 38.4 Å². The molecule has 0 amide bonds. The molecule has 0 saturated heterocycles. The maximum absolute atomic E-state index is 4.73. The summed E-state index contributed by atoms with van der Waals surface area (Å²) in [5.74, 6) is 1.00. The van der Waals surface area contributed by atoms with E-state index in [2.05, 4.69) is 58.5 Å². The van der Waals surface area contributed by atoms with Gasteiger partial charge in [-0.25, -0.2) is 0 Å². The molecule has 1 N–H and O–H groups in total. The van der Waals surface area contributed by atoms with Gasteiger partial charge in [0, 0.05) is 31.6 Å². The third-order valence-electron chi connectivity index (χ3n) is 3.21. The van der Waals surface area contributed by atoms with Crippen LogP contribution in [-0.4, -0.2) is 37.5 Å². The predicted octanol–water partition coefficient (Wildman–Crippen LogP) is 4.11. The van der Waals surface area contributed by atoms with E-state index in [4.69, 9.17) is 4.99 Å². The van der Waals surface area contributed by atoms with Crippen molar-refractivity contribution in [3.05, 3.63) is 44.8 Å². The minimum absolute atomic E-state index is 0. The van der Waals surface area contributed by atoms with Gasteiger partial charge in [0.05, 0.1) is 0 Å². The Bertz CT molecular complexity index is 524. The van der Waals surface area contributed by atoms with Crippen LogP contribution in [0.1, 0.15) is 17.4 Å². The number of hydrogen-bond donors (Lipinski definition) is 1. The van der Waals surface area contributed by atoms with Crippen LogP contribution in [-0.2, 0) is 12.8 Å². The molecule has 0 aliphatic rings. The van der Waals surface area contributed by atoms with Gasteiger partial charge in [0.15, 0.2) is 5.96 Å². The number of nitrogens with one attached hydrogen (secondary N) is 1. The fourth-order valence-electron chi connectivity index (χ4n) is 2.03. The van der Waals surface area contributed by atoms with Crippen molar-refractivity contribution in [2.45, 2.75) is 19.8 Å². The van der Waals surface area contributed by atoms with Crippen molar-refractivity contribution in [1.29, 1.82) is 0 Å². The summed E-state index contributed by atoms with van der Waals surface area (Å²) in [6.07, 6.45) is 2.08. The van der Waals surface area contributed by atoms with E-state index in [0.29, 0.717) is 0 Å². The van der Waals surface area contributed by atoms with E-state index in [1.54, 1.807) is 11.3 Å². The molecule has 0 unspecified atom stereocenters. The second kappa shape index (κ2) is 11.0. The Morgan fingerprint density at radius 3 is 2.77 bits per heavy atom. The molecule has 6 heteroatoms. The standard InChI is InChI=1S/C16H23N3S2.HI/c1-3-17-16(18-9-6-14-8-12-20-13-14)19(2)10-7-15-5-4-11-21-15;/h4-5,8,11-13H,3,6-7,9-10H2,1-2H3,(H,17,18);1H. The Labute approximate surface area is 158 Å². The van der Waals surface area contributed by atoms with Crippen molar-refractivity contribution in [2.24, 2.45) is 4.99 Å². The Morgan fingerprint density at radius 2 is 2.14 bits per heavy atom. The molecule has 122 valence electrons. The molecule has 0 spiro atoms. The molecule has 0 aromatic carbocycles. The van der Waals surface area contributed by atoms with Gasteiger partial charge in [-0.05, 0) is 53.6 Å². The Kier molecular flexibility index (Phi) is 9.74. The molecule has 0 radical (unpaired) electrons. The van der Waals surface area contributed by atoms with Crippen molar-refractivity contribution in [2.75, 3.05) is 26.7 Å². The number of halogens is 1. The topological polar surface area (TPSA) is 27.6 Å². The summed E-state index contributed by atoms with van der Waals surface area (Å²) in [5, 5.41) is 9.83. The SMILES string of the molecule is CCNC(=NCCc1ccsc1)N(C)CCc1cccs1.I. The molecule has 0 bridgehead atoms. The summed E-state index contributed by atoms with van der Waals surface area (Å²) in [6, 6.07) is 6.48. The van der Waals surface area contributed by atoms with Gasteiger partial charge in [0.2, 0.25) is 0 Å². The molecule has 0 aliphatic carbocycles. The van der Waals surface area contributed by atoms with Gasteiger partial charge in [-0.1, -0.05) is 6.07 Å². The lowest BCUT2D eigenvalue weighted by molar-refractivity contribution is 0.487. The lowest BCUT2D eigenvalue weighted by atomic mass is 10.2. The second-order valence-corrected chi connectivity index (χ2v) is 6.68. The third kappa shape index (κ3) is 6.66. The highest BCUT2D eigenvalue weighted by molar-refractivity contribution is 14.0. The highest BCUT2D eigenvalue weighted by atomic mass is 127. The molecule has 0 atom stereocenters. The largest absolute Gasteiger partial charge is 0.357 e. The van der Waals surface area contributed by atoms with Gasteiger partial charge in [0.1, 0.15) is 0 Å². The van der Waals surface area contributed by atoms with Crippen LogP contribution in [0.2, 0.25) is 0 Å². The molecular formula is C16H24IN3S2. The van der Waals surface area contributed by atoms with Gasteiger partial charge in [-0.15, -0.1) is 35.3 Å². The number of rotatable bonds is 7. The van der Waals surface area contributed by atoms with Gasteiger partial charge in [0.25, 0.3) is 0 Å². The molecule has 0 aliphatic heterocycles. The van der Waals surface area contributed by atoms with Gasteiger partial charge < -0.3 is 10.2 Å². The summed E-state index contributed by atoms with van der Waals surface area (Å²) in [6.45, 7) is 4.84. The first-order valence-corrected chi connectivity index (χ1v) is 9.14. The average Bonchev–Trinajstić information content (AvgIpc) is 3.17. The van der Waals surface area contributed by atoms with Gasteiger partial charge >= 0.3 is 0 Å². The van der Waals surface area contributed by atoms with E-state index in [-0.39, 0.29) is 24.0 Å². The first-order valence-electron chi connectivity index (χ1n) is 7.32. The minimum atomic E-state index is 0. The maximum Gasteiger partial charge on any atom is 0.193 e. The van der Waals surface area contributed by atoms with Crippen LogP contribution >= 0.6 is 46.7 Å². The Morgan fingerprint density at radius 1 is 1.27 bits per heavy atom. The lowest BCUT2D eigenvalue weighted by Gasteiger charge is -2.21. The summed E-state index contributed by atoms with van der Waals surface area (Å²) < 4.78 is 0. The molecular weight excluding hydrogens is 425 g/mol. The Balaban J connectivity index is 0.00000242. The molecule has 2 aromatic rings. The highest BCUT2D eigenvalue weighted by Crippen LogP contribution is 2.09. The fourth-order valence-corrected chi connectivity index (χ4v) is 3.44. The van der Waals surface area contributed by atoms with Crippen LogP contribution in [0, 0.1) is 0 Å². The van der Waals surface area contributed by atoms with Crippen LogP contribution in [0.3, 0.4) is 0 Å². The van der Waals surface area contributed by atoms with Crippen LogP contribution in [0.4, 0.5) is 0 Å². The number of hydrogen-bond acceptors (Lipinski definition) is 3. The van der Waals surface area contributed by atoms with E-state index >= 15 is 0 Å². The normalized spacial score (nSPS) is 11.1. The zero-order valence-corrected chi connectivity index (χ0v) is 17.1. The maximum atomic E-state index is 4.73. The molecule has 3 nitrogen and oxygen atoms in total. The van der Waals surface area contributed by atoms with Crippen LogP contribution in [0.5, 0.6) is 0 Å². The van der Waals surface area contributed by atoms with Crippen LogP contribution in [0.15, 0.2) is 39.3 Å². The first kappa shape index (κ1) is 19.4. The first-order chi connectivity index (χ1) is 10.3. The second-order valence-electron chi connectivity index (χ2n) is 4.87. The molecule has 22 heavy (non-hydrogen) atoms. The van der Waals surface area contributed by atoms with Crippen molar-refractivity contribution in [3.8, 4) is 0 Å². The minimum Gasteiger partial charge on any atom is -0.357 e. The highest BCUT2D eigenvalue weighted by Gasteiger charge is 2.06. The molecule has 2 rings (SSSR count). The summed E-state index contributed by atoms with van der Waals surface area (Å²) in [5.41, 5.74) is 1.38. The molecule has 2 heterocycles. The van der Waals surface area contributed by atoms with Crippen molar-refractivity contribution in [3.63, 3.8) is 0 Å². The summed E-state index contributed by atoms with van der Waals surface area (Å²) in [4.78, 5) is 8.37. The zero-order valence-electron chi connectivity index (χ0n) is 13.1. The number of thiophene rings is 2. The smallest absolute Gasteiger partial charge is 0.193 e. The van der Waals surface area contributed by atoms with E-state index < -0.39 is 0 Å². The predicted molar refractivity (Wildman–Crippen MR) is 110 cm³/mol. The van der Waals surface area contributed by atoms with Crippen LogP contribution < -0.4 is 5.32 Å². The van der Waals surface area contributed by atoms with E-state index in [1.165, 1.54) is 10.4 Å². The van der Waals surface area contributed by atoms with Gasteiger partial charge in [-0.2, -0.15) is 11.3 Å². The van der Waals surface area contributed by atoms with Crippen molar-refractivity contribution < 1.29 is 0 Å². The number of aliphatic imine (C=N–C) groups is 1. The number of guanidine groups is 1. The third-order valence-corrected chi connectivity index (χ3v) is 4.88. The van der Waals surface area contributed by atoms with E-state index in [9.17, 15) is 0 Å². The zero-order chi connectivity index (χ0) is 14.9. The van der Waals surface area contributed by atoms with Crippen molar-refractivity contribution in [1.82, 2.24) is 10.2 Å². The molecule has 0 saturated carbocycles. The average molecular weight is 449 g/mol. The van der Waals surface area contributed by atoms with Gasteiger partial charge in [-0.3, -0.25) is 4.99 Å². The Hall–Kier alpha value is -0.600. The number of nitrogens with zero attached hydrogens (tertiary/aromatic N) is 2. The monoisotopic (exact) mass is 449 g/mol. The van der Waals surface area contributed by atoms with Crippen molar-refractivity contribution >= 4 is 52.6 Å². The molecule has 2 aromatic heterocycles. The van der Waals surface area contributed by atoms with Crippen LogP contribution in [0.25, 0.3) is 0 Å². The van der Waals surface area contributed by atoms with E-state index in [1.807, 2.05) is 11.3 Å². The quantitative estimate of drug-likeness (QED) is 0.392. The summed E-state index contributed by atoms with van der Waals surface area (Å²) >= 11 is 3.57. The molecule has 0 fully saturated rings. The lowest BCUT2D eigenvalue weighted by Crippen LogP contribution is -2.40. The fraction of sp³-hybridized carbons (Fsp3) is 0.438. The number of likely N-dealkylation sites (N-methyl/N-ethyl adjacent to an activating group) is 1. The summed E-state index contributed by atoms with van der Waals surface area (Å²) in [7, 11) is 2.11.